The third-order valence-electron chi connectivity index (χ3n) is 2.71. The molecule has 108 valence electrons. The number of hydrogen-bond donors (Lipinski definition) is 1. The standard InChI is InChI=1S/C15H14N2O3S/c1-10-9-21-14(15(19)20-2)13(10)17-12(18)6-5-11-4-3-7-16-8-11/h3-9H,1-2H3,(H,17,18)/b6-5+. The number of carbonyl (C=O) groups excluding carboxylic acids is 2. The van der Waals surface area contributed by atoms with Crippen LogP contribution in [0.25, 0.3) is 6.08 Å². The largest absolute Gasteiger partial charge is 0.465 e. The fourth-order valence-electron chi connectivity index (χ4n) is 1.65. The van der Waals surface area contributed by atoms with Gasteiger partial charge in [-0.1, -0.05) is 6.07 Å². The van der Waals surface area contributed by atoms with Crippen molar-refractivity contribution in [2.75, 3.05) is 12.4 Å². The lowest BCUT2D eigenvalue weighted by atomic mass is 10.2. The zero-order valence-corrected chi connectivity index (χ0v) is 12.4. The van der Waals surface area contributed by atoms with E-state index >= 15 is 0 Å². The van der Waals surface area contributed by atoms with Crippen LogP contribution in [0, 0.1) is 6.92 Å². The number of amides is 1. The summed E-state index contributed by atoms with van der Waals surface area (Å²) in [5.74, 6) is -0.773. The third kappa shape index (κ3) is 3.76. The summed E-state index contributed by atoms with van der Waals surface area (Å²) in [5, 5.41) is 4.51. The molecule has 0 spiro atoms. The van der Waals surface area contributed by atoms with E-state index in [1.165, 1.54) is 24.5 Å². The van der Waals surface area contributed by atoms with Crippen molar-refractivity contribution in [3.05, 3.63) is 52.0 Å². The van der Waals surface area contributed by atoms with Crippen molar-refractivity contribution >= 4 is 35.0 Å². The molecule has 2 aromatic heterocycles. The van der Waals surface area contributed by atoms with Crippen LogP contribution in [-0.4, -0.2) is 24.0 Å². The number of esters is 1. The molecule has 2 rings (SSSR count). The van der Waals surface area contributed by atoms with Crippen LogP contribution in [0.5, 0.6) is 0 Å². The van der Waals surface area contributed by atoms with Crippen LogP contribution >= 0.6 is 11.3 Å². The van der Waals surface area contributed by atoms with E-state index in [1.807, 2.05) is 13.0 Å². The second-order valence-corrected chi connectivity index (χ2v) is 5.10. The van der Waals surface area contributed by atoms with Gasteiger partial charge >= 0.3 is 5.97 Å². The van der Waals surface area contributed by atoms with Gasteiger partial charge in [-0.05, 0) is 35.6 Å². The molecular weight excluding hydrogens is 288 g/mol. The summed E-state index contributed by atoms with van der Waals surface area (Å²) in [4.78, 5) is 27.9. The van der Waals surface area contributed by atoms with Crippen molar-refractivity contribution in [1.82, 2.24) is 4.98 Å². The molecule has 1 amide bonds. The van der Waals surface area contributed by atoms with E-state index in [2.05, 4.69) is 10.3 Å². The van der Waals surface area contributed by atoms with Crippen molar-refractivity contribution < 1.29 is 14.3 Å². The van der Waals surface area contributed by atoms with Gasteiger partial charge < -0.3 is 10.1 Å². The smallest absolute Gasteiger partial charge is 0.350 e. The van der Waals surface area contributed by atoms with E-state index in [-0.39, 0.29) is 5.91 Å². The van der Waals surface area contributed by atoms with E-state index in [4.69, 9.17) is 4.74 Å². The highest BCUT2D eigenvalue weighted by Gasteiger charge is 2.17. The molecule has 2 heterocycles. The Morgan fingerprint density at radius 2 is 2.24 bits per heavy atom. The number of thiophene rings is 1. The second-order valence-electron chi connectivity index (χ2n) is 4.22. The number of aromatic nitrogens is 1. The predicted octanol–water partition coefficient (Wildman–Crippen LogP) is 2.89. The maximum Gasteiger partial charge on any atom is 0.350 e. The SMILES string of the molecule is COC(=O)c1scc(C)c1NC(=O)/C=C/c1cccnc1. The van der Waals surface area contributed by atoms with Crippen LogP contribution in [0.1, 0.15) is 20.8 Å². The summed E-state index contributed by atoms with van der Waals surface area (Å²) in [5.41, 5.74) is 2.14. The Hall–Kier alpha value is -2.47. The van der Waals surface area contributed by atoms with E-state index in [1.54, 1.807) is 29.9 Å². The lowest BCUT2D eigenvalue weighted by Gasteiger charge is -2.04. The van der Waals surface area contributed by atoms with Crippen molar-refractivity contribution in [1.29, 1.82) is 0 Å². The number of anilines is 1. The Bertz CT molecular complexity index is 677. The topological polar surface area (TPSA) is 68.3 Å². The third-order valence-corrected chi connectivity index (χ3v) is 3.78. The number of carbonyl (C=O) groups is 2. The average molecular weight is 302 g/mol. The normalized spacial score (nSPS) is 10.6. The number of pyridine rings is 1. The number of nitrogens with one attached hydrogen (secondary N) is 1. The first kappa shape index (κ1) is 14.9. The van der Waals surface area contributed by atoms with Crippen molar-refractivity contribution in [3.63, 3.8) is 0 Å². The van der Waals surface area contributed by atoms with Crippen molar-refractivity contribution in [2.45, 2.75) is 6.92 Å². The van der Waals surface area contributed by atoms with Crippen LogP contribution in [0.2, 0.25) is 0 Å². The molecule has 0 atom stereocenters. The lowest BCUT2D eigenvalue weighted by Crippen LogP contribution is -2.11. The van der Waals surface area contributed by atoms with Crippen LogP contribution in [0.4, 0.5) is 5.69 Å². The summed E-state index contributed by atoms with van der Waals surface area (Å²) in [6.07, 6.45) is 6.37. The van der Waals surface area contributed by atoms with Crippen LogP contribution in [0.15, 0.2) is 36.0 Å². The molecule has 5 nitrogen and oxygen atoms in total. The quantitative estimate of drug-likeness (QED) is 0.696. The molecule has 0 aromatic carbocycles. The van der Waals surface area contributed by atoms with Gasteiger partial charge in [0.05, 0.1) is 12.8 Å². The summed E-state index contributed by atoms with van der Waals surface area (Å²) in [7, 11) is 1.31. The minimum absolute atomic E-state index is 0.314. The van der Waals surface area contributed by atoms with Crippen LogP contribution in [0.3, 0.4) is 0 Å². The highest BCUT2D eigenvalue weighted by Crippen LogP contribution is 2.28. The summed E-state index contributed by atoms with van der Waals surface area (Å²) < 4.78 is 4.70. The van der Waals surface area contributed by atoms with E-state index in [0.717, 1.165) is 11.1 Å². The Balaban J connectivity index is 2.12. The fraction of sp³-hybridized carbons (Fsp3) is 0.133. The molecule has 0 unspecified atom stereocenters. The zero-order chi connectivity index (χ0) is 15.2. The van der Waals surface area contributed by atoms with Gasteiger partial charge in [-0.2, -0.15) is 0 Å². The number of methoxy groups -OCH3 is 1. The Morgan fingerprint density at radius 3 is 2.90 bits per heavy atom. The molecule has 21 heavy (non-hydrogen) atoms. The van der Waals surface area contributed by atoms with Gasteiger partial charge in [0, 0.05) is 18.5 Å². The van der Waals surface area contributed by atoms with Crippen molar-refractivity contribution in [3.8, 4) is 0 Å². The molecule has 0 aliphatic rings. The van der Waals surface area contributed by atoms with Crippen LogP contribution in [-0.2, 0) is 9.53 Å². The minimum atomic E-state index is -0.459. The molecule has 6 heteroatoms. The monoisotopic (exact) mass is 302 g/mol. The Labute approximate surface area is 126 Å². The number of hydrogen-bond acceptors (Lipinski definition) is 5. The first-order valence-electron chi connectivity index (χ1n) is 6.17. The Morgan fingerprint density at radius 1 is 1.43 bits per heavy atom. The van der Waals surface area contributed by atoms with Crippen LogP contribution < -0.4 is 5.32 Å². The number of nitrogens with zero attached hydrogens (tertiary/aromatic N) is 1. The van der Waals surface area contributed by atoms with Gasteiger partial charge in [-0.25, -0.2) is 4.79 Å². The van der Waals surface area contributed by atoms with Gasteiger partial charge in [-0.15, -0.1) is 11.3 Å². The molecule has 0 saturated carbocycles. The number of ether oxygens (including phenoxy) is 1. The van der Waals surface area contributed by atoms with E-state index in [9.17, 15) is 9.59 Å². The molecule has 0 aliphatic carbocycles. The molecular formula is C15H14N2O3S. The predicted molar refractivity (Wildman–Crippen MR) is 82.3 cm³/mol. The molecule has 0 bridgehead atoms. The van der Waals surface area contributed by atoms with Gasteiger partial charge in [0.15, 0.2) is 0 Å². The number of rotatable bonds is 4. The zero-order valence-electron chi connectivity index (χ0n) is 11.6. The minimum Gasteiger partial charge on any atom is -0.465 e. The first-order chi connectivity index (χ1) is 10.1. The van der Waals surface area contributed by atoms with Gasteiger partial charge in [0.1, 0.15) is 4.88 Å². The van der Waals surface area contributed by atoms with Gasteiger partial charge in [0.2, 0.25) is 5.91 Å². The van der Waals surface area contributed by atoms with E-state index in [0.29, 0.717) is 10.6 Å². The Kier molecular flexibility index (Phi) is 4.84. The molecule has 1 N–H and O–H groups in total. The summed E-state index contributed by atoms with van der Waals surface area (Å²) in [6.45, 7) is 1.82. The first-order valence-corrected chi connectivity index (χ1v) is 7.05. The molecule has 0 aliphatic heterocycles. The van der Waals surface area contributed by atoms with Crippen molar-refractivity contribution in [2.24, 2.45) is 0 Å². The molecule has 0 radical (unpaired) electrons. The van der Waals surface area contributed by atoms with E-state index < -0.39 is 5.97 Å². The molecule has 2 aromatic rings. The molecule has 0 saturated heterocycles. The van der Waals surface area contributed by atoms with Gasteiger partial charge in [0.25, 0.3) is 0 Å². The van der Waals surface area contributed by atoms with Gasteiger partial charge in [-0.3, -0.25) is 9.78 Å². The fourth-order valence-corrected chi connectivity index (χ4v) is 2.58. The maximum absolute atomic E-state index is 11.9. The second kappa shape index (κ2) is 6.81. The maximum atomic E-state index is 11.9. The lowest BCUT2D eigenvalue weighted by molar-refractivity contribution is -0.111. The highest BCUT2D eigenvalue weighted by molar-refractivity contribution is 7.12. The summed E-state index contributed by atoms with van der Waals surface area (Å²) in [6, 6.07) is 3.63. The number of aryl methyl sites for hydroxylation is 1. The molecule has 0 fully saturated rings. The summed E-state index contributed by atoms with van der Waals surface area (Å²) >= 11 is 1.24. The highest BCUT2D eigenvalue weighted by atomic mass is 32.1. The average Bonchev–Trinajstić information content (AvgIpc) is 2.86.